The molecule has 0 atom stereocenters. The van der Waals surface area contributed by atoms with E-state index in [0.29, 0.717) is 0 Å². The third-order valence-electron chi connectivity index (χ3n) is 11.6. The van der Waals surface area contributed by atoms with Crippen molar-refractivity contribution in [2.75, 3.05) is 4.90 Å². The Kier molecular flexibility index (Phi) is 7.20. The molecule has 3 heterocycles. The van der Waals surface area contributed by atoms with Crippen LogP contribution in [-0.4, -0.2) is 4.57 Å². The standard InChI is InChI=1S/C54H34N2O2/c1-2-14-36(15-3-1)56-47-23-8-4-16-40(47)46-34-38(32-33-48(46)56)55(49-24-13-22-44-42-18-6-10-26-51(42)58-54(44)49)37-30-28-35(29-31-37)39-20-12-21-43-41-17-5-9-25-50(41)57-52-27-11-7-19-45(52)53(39)43/h1-34H. The number of anilines is 3. The van der Waals surface area contributed by atoms with E-state index in [4.69, 9.17) is 9.15 Å². The lowest BCUT2D eigenvalue weighted by Gasteiger charge is -2.26. The van der Waals surface area contributed by atoms with E-state index in [1.54, 1.807) is 0 Å². The van der Waals surface area contributed by atoms with Gasteiger partial charge in [0.1, 0.15) is 17.1 Å². The van der Waals surface area contributed by atoms with Gasteiger partial charge in [-0.25, -0.2) is 0 Å². The van der Waals surface area contributed by atoms with E-state index < -0.39 is 0 Å². The number of furan rings is 1. The number of aromatic nitrogens is 1. The third-order valence-corrected chi connectivity index (χ3v) is 11.6. The molecule has 0 amide bonds. The molecule has 1 aliphatic rings. The molecule has 2 aromatic heterocycles. The van der Waals surface area contributed by atoms with Crippen molar-refractivity contribution in [3.63, 3.8) is 0 Å². The summed E-state index contributed by atoms with van der Waals surface area (Å²) in [6.07, 6.45) is 0. The van der Waals surface area contributed by atoms with E-state index in [9.17, 15) is 0 Å². The fourth-order valence-electron chi connectivity index (χ4n) is 9.05. The van der Waals surface area contributed by atoms with E-state index in [1.807, 2.05) is 24.3 Å². The van der Waals surface area contributed by atoms with Gasteiger partial charge in [0, 0.05) is 55.3 Å². The zero-order chi connectivity index (χ0) is 38.2. The number of hydrogen-bond donors (Lipinski definition) is 0. The van der Waals surface area contributed by atoms with Crippen LogP contribution >= 0.6 is 0 Å². The van der Waals surface area contributed by atoms with Gasteiger partial charge in [0.15, 0.2) is 5.58 Å². The van der Waals surface area contributed by atoms with Crippen molar-refractivity contribution in [1.82, 2.24) is 4.57 Å². The minimum Gasteiger partial charge on any atom is -0.456 e. The summed E-state index contributed by atoms with van der Waals surface area (Å²) in [6, 6.07) is 73.1. The molecule has 4 nitrogen and oxygen atoms in total. The van der Waals surface area contributed by atoms with Crippen LogP contribution in [0.2, 0.25) is 0 Å². The monoisotopic (exact) mass is 742 g/mol. The molecule has 0 radical (unpaired) electrons. The van der Waals surface area contributed by atoms with Gasteiger partial charge in [-0.15, -0.1) is 0 Å². The van der Waals surface area contributed by atoms with Gasteiger partial charge < -0.3 is 18.6 Å². The van der Waals surface area contributed by atoms with Gasteiger partial charge in [0.05, 0.1) is 16.7 Å². The van der Waals surface area contributed by atoms with Crippen LogP contribution in [0.15, 0.2) is 211 Å². The number of rotatable bonds is 5. The molecule has 11 aromatic rings. The molecule has 0 spiro atoms. The Morgan fingerprint density at radius 1 is 0.397 bits per heavy atom. The van der Waals surface area contributed by atoms with E-state index in [-0.39, 0.29) is 0 Å². The molecule has 0 unspecified atom stereocenters. The Bertz CT molecular complexity index is 3380. The first-order valence-electron chi connectivity index (χ1n) is 19.7. The van der Waals surface area contributed by atoms with Crippen LogP contribution in [-0.2, 0) is 0 Å². The molecule has 0 N–H and O–H groups in total. The van der Waals surface area contributed by atoms with Crippen molar-refractivity contribution in [3.8, 4) is 50.6 Å². The van der Waals surface area contributed by atoms with Crippen LogP contribution in [0.1, 0.15) is 0 Å². The van der Waals surface area contributed by atoms with Crippen molar-refractivity contribution < 1.29 is 9.15 Å². The highest BCUT2D eigenvalue weighted by atomic mass is 16.5. The van der Waals surface area contributed by atoms with E-state index >= 15 is 0 Å². The van der Waals surface area contributed by atoms with Gasteiger partial charge in [0.2, 0.25) is 0 Å². The molecule has 0 aliphatic carbocycles. The summed E-state index contributed by atoms with van der Waals surface area (Å²) < 4.78 is 15.6. The topological polar surface area (TPSA) is 30.5 Å². The molecule has 58 heavy (non-hydrogen) atoms. The van der Waals surface area contributed by atoms with Crippen molar-refractivity contribution >= 4 is 60.8 Å². The Hall–Kier alpha value is -7.82. The summed E-state index contributed by atoms with van der Waals surface area (Å²) in [5.74, 6) is 1.72. The van der Waals surface area contributed by atoms with E-state index in [1.165, 1.54) is 21.9 Å². The molecule has 0 saturated heterocycles. The van der Waals surface area contributed by atoms with Gasteiger partial charge >= 0.3 is 0 Å². The van der Waals surface area contributed by atoms with E-state index in [2.05, 4.69) is 191 Å². The Morgan fingerprint density at radius 2 is 1.02 bits per heavy atom. The summed E-state index contributed by atoms with van der Waals surface area (Å²) in [5, 5.41) is 4.58. The van der Waals surface area contributed by atoms with Crippen molar-refractivity contribution in [1.29, 1.82) is 0 Å². The Morgan fingerprint density at radius 3 is 1.88 bits per heavy atom. The largest absolute Gasteiger partial charge is 0.456 e. The molecule has 0 bridgehead atoms. The van der Waals surface area contributed by atoms with Crippen LogP contribution < -0.4 is 9.64 Å². The predicted molar refractivity (Wildman–Crippen MR) is 239 cm³/mol. The molecule has 272 valence electrons. The molecule has 1 aliphatic heterocycles. The summed E-state index contributed by atoms with van der Waals surface area (Å²) in [4.78, 5) is 2.34. The lowest BCUT2D eigenvalue weighted by molar-refractivity contribution is 0.488. The van der Waals surface area contributed by atoms with Crippen LogP contribution in [0.3, 0.4) is 0 Å². The highest BCUT2D eigenvalue weighted by Crippen LogP contribution is 2.51. The Balaban J connectivity index is 1.06. The second-order valence-electron chi connectivity index (χ2n) is 14.8. The summed E-state index contributed by atoms with van der Waals surface area (Å²) >= 11 is 0. The molecule has 0 saturated carbocycles. The maximum atomic E-state index is 6.70. The minimum atomic E-state index is 0.850. The average Bonchev–Trinajstić information content (AvgIpc) is 3.79. The number of benzene rings is 9. The van der Waals surface area contributed by atoms with Gasteiger partial charge in [-0.1, -0.05) is 133 Å². The first-order valence-corrected chi connectivity index (χ1v) is 19.7. The fourth-order valence-corrected chi connectivity index (χ4v) is 9.05. The lowest BCUT2D eigenvalue weighted by atomic mass is 9.87. The number of ether oxygens (including phenoxy) is 1. The first kappa shape index (κ1) is 32.4. The molecule has 12 rings (SSSR count). The zero-order valence-electron chi connectivity index (χ0n) is 31.3. The number of fused-ring (bicyclic) bond motifs is 11. The second-order valence-corrected chi connectivity index (χ2v) is 14.8. The molecular formula is C54H34N2O2. The summed E-state index contributed by atoms with van der Waals surface area (Å²) in [5.41, 5.74) is 15.0. The van der Waals surface area contributed by atoms with E-state index in [0.717, 1.165) is 89.5 Å². The number of para-hydroxylation sites is 6. The summed E-state index contributed by atoms with van der Waals surface area (Å²) in [6.45, 7) is 0. The minimum absolute atomic E-state index is 0.850. The highest BCUT2D eigenvalue weighted by Gasteiger charge is 2.25. The van der Waals surface area contributed by atoms with Crippen LogP contribution in [0, 0.1) is 0 Å². The highest BCUT2D eigenvalue weighted by molar-refractivity contribution is 6.13. The molecule has 4 heteroatoms. The average molecular weight is 743 g/mol. The molecule has 0 fully saturated rings. The lowest BCUT2D eigenvalue weighted by Crippen LogP contribution is -2.10. The summed E-state index contributed by atoms with van der Waals surface area (Å²) in [7, 11) is 0. The number of hydrogen-bond acceptors (Lipinski definition) is 3. The normalized spacial score (nSPS) is 11.9. The Labute approximate surface area is 335 Å². The van der Waals surface area contributed by atoms with Gasteiger partial charge in [-0.3, -0.25) is 0 Å². The quantitative estimate of drug-likeness (QED) is 0.176. The first-order chi connectivity index (χ1) is 28.8. The van der Waals surface area contributed by atoms with Gasteiger partial charge in [0.25, 0.3) is 0 Å². The van der Waals surface area contributed by atoms with Crippen LogP contribution in [0.5, 0.6) is 11.5 Å². The van der Waals surface area contributed by atoms with Gasteiger partial charge in [-0.05, 0) is 89.5 Å². The predicted octanol–water partition coefficient (Wildman–Crippen LogP) is 15.3. The third kappa shape index (κ3) is 4.95. The van der Waals surface area contributed by atoms with Crippen molar-refractivity contribution in [2.24, 2.45) is 0 Å². The zero-order valence-corrected chi connectivity index (χ0v) is 31.3. The molecular weight excluding hydrogens is 709 g/mol. The second kappa shape index (κ2) is 12.9. The van der Waals surface area contributed by atoms with Crippen LogP contribution in [0.25, 0.3) is 82.8 Å². The fraction of sp³-hybridized carbons (Fsp3) is 0. The maximum absolute atomic E-state index is 6.70. The van der Waals surface area contributed by atoms with Crippen molar-refractivity contribution in [3.05, 3.63) is 206 Å². The van der Waals surface area contributed by atoms with Crippen molar-refractivity contribution in [2.45, 2.75) is 0 Å². The smallest absolute Gasteiger partial charge is 0.159 e. The number of nitrogens with zero attached hydrogens (tertiary/aromatic N) is 2. The SMILES string of the molecule is c1ccc(-n2c3ccccc3c3cc(N(c4ccc(-c5cccc6c5-c5ccccc5Oc5ccccc5-6)cc4)c4cccc5c4oc4ccccc45)ccc32)cc1. The van der Waals surface area contributed by atoms with Gasteiger partial charge in [-0.2, -0.15) is 0 Å². The maximum Gasteiger partial charge on any atom is 0.159 e. The van der Waals surface area contributed by atoms with Crippen LogP contribution in [0.4, 0.5) is 17.1 Å². The molecule has 9 aromatic carbocycles.